The van der Waals surface area contributed by atoms with E-state index < -0.39 is 0 Å². The van der Waals surface area contributed by atoms with Crippen molar-refractivity contribution in [1.29, 1.82) is 0 Å². The lowest BCUT2D eigenvalue weighted by Gasteiger charge is -2.20. The van der Waals surface area contributed by atoms with E-state index in [1.165, 1.54) is 5.56 Å². The third-order valence-electron chi connectivity index (χ3n) is 6.68. The van der Waals surface area contributed by atoms with Gasteiger partial charge in [0.05, 0.1) is 0 Å². The summed E-state index contributed by atoms with van der Waals surface area (Å²) in [6.45, 7) is 9.07. The molecule has 0 bridgehead atoms. The minimum absolute atomic E-state index is 0.0280. The molecule has 38 heavy (non-hydrogen) atoms. The van der Waals surface area contributed by atoms with Gasteiger partial charge in [-0.1, -0.05) is 45.0 Å². The number of anilines is 2. The van der Waals surface area contributed by atoms with E-state index in [1.807, 2.05) is 80.5 Å². The number of hydrogen-bond acceptors (Lipinski definition) is 6. The van der Waals surface area contributed by atoms with E-state index in [0.29, 0.717) is 35.4 Å². The molecule has 7 heteroatoms. The number of rotatable bonds is 6. The van der Waals surface area contributed by atoms with Gasteiger partial charge < -0.3 is 23.7 Å². The number of oxazole rings is 1. The van der Waals surface area contributed by atoms with Crippen LogP contribution in [0.4, 0.5) is 11.4 Å². The summed E-state index contributed by atoms with van der Waals surface area (Å²) in [5.74, 6) is 1.87. The fraction of sp³-hybridized carbons (Fsp3) is 0.290. The molecular formula is C31H33N3O4. The summed E-state index contributed by atoms with van der Waals surface area (Å²) < 4.78 is 17.3. The Balaban J connectivity index is 1.60. The summed E-state index contributed by atoms with van der Waals surface area (Å²) in [6, 6.07) is 21.6. The molecule has 0 atom stereocenters. The van der Waals surface area contributed by atoms with Crippen molar-refractivity contribution in [3.05, 3.63) is 78.0 Å². The lowest BCUT2D eigenvalue weighted by molar-refractivity contribution is 0.0984. The Labute approximate surface area is 223 Å². The SMILES string of the molecule is CCN(C(=O)c1nc(-c2ccc(C(C)(C)C)cc2)oc1-c1cccc(N(C)C)c1)c1ccc2c(c1)OCO2. The van der Waals surface area contributed by atoms with Gasteiger partial charge in [0, 0.05) is 49.2 Å². The maximum Gasteiger partial charge on any atom is 0.280 e. The lowest BCUT2D eigenvalue weighted by atomic mass is 9.87. The van der Waals surface area contributed by atoms with Gasteiger partial charge >= 0.3 is 0 Å². The van der Waals surface area contributed by atoms with E-state index in [9.17, 15) is 4.79 Å². The predicted molar refractivity (Wildman–Crippen MR) is 150 cm³/mol. The highest BCUT2D eigenvalue weighted by Gasteiger charge is 2.28. The molecule has 0 saturated heterocycles. The highest BCUT2D eigenvalue weighted by atomic mass is 16.7. The van der Waals surface area contributed by atoms with Crippen LogP contribution in [0, 0.1) is 0 Å². The van der Waals surface area contributed by atoms with E-state index in [2.05, 4.69) is 32.9 Å². The monoisotopic (exact) mass is 511 g/mol. The number of benzene rings is 3. The highest BCUT2D eigenvalue weighted by Crippen LogP contribution is 2.37. The normalized spacial score (nSPS) is 12.5. The summed E-state index contributed by atoms with van der Waals surface area (Å²) in [5.41, 5.74) is 4.79. The van der Waals surface area contributed by atoms with Crippen LogP contribution in [-0.2, 0) is 5.41 Å². The number of carbonyl (C=O) groups excluding carboxylic acids is 1. The quantitative estimate of drug-likeness (QED) is 0.285. The maximum absolute atomic E-state index is 14.0. The molecule has 1 aliphatic rings. The lowest BCUT2D eigenvalue weighted by Crippen LogP contribution is -2.31. The zero-order chi connectivity index (χ0) is 27.0. The molecule has 1 amide bonds. The van der Waals surface area contributed by atoms with Crippen LogP contribution in [0.15, 0.2) is 71.1 Å². The van der Waals surface area contributed by atoms with Crippen molar-refractivity contribution in [3.63, 3.8) is 0 Å². The largest absolute Gasteiger partial charge is 0.454 e. The topological polar surface area (TPSA) is 68.0 Å². The van der Waals surface area contributed by atoms with Crippen LogP contribution in [0.1, 0.15) is 43.7 Å². The molecule has 0 N–H and O–H groups in total. The number of hydrogen-bond donors (Lipinski definition) is 0. The van der Waals surface area contributed by atoms with E-state index >= 15 is 0 Å². The maximum atomic E-state index is 14.0. The molecule has 0 unspecified atom stereocenters. The van der Waals surface area contributed by atoms with Crippen molar-refractivity contribution in [2.45, 2.75) is 33.1 Å². The third kappa shape index (κ3) is 4.84. The van der Waals surface area contributed by atoms with Crippen molar-refractivity contribution in [2.75, 3.05) is 37.2 Å². The van der Waals surface area contributed by atoms with E-state index in [-0.39, 0.29) is 23.8 Å². The van der Waals surface area contributed by atoms with Crippen LogP contribution in [0.5, 0.6) is 11.5 Å². The van der Waals surface area contributed by atoms with Crippen LogP contribution in [0.3, 0.4) is 0 Å². The Morgan fingerprint density at radius 3 is 2.32 bits per heavy atom. The average Bonchev–Trinajstić information content (AvgIpc) is 3.56. The minimum Gasteiger partial charge on any atom is -0.454 e. The van der Waals surface area contributed by atoms with Crippen molar-refractivity contribution in [1.82, 2.24) is 4.98 Å². The van der Waals surface area contributed by atoms with Crippen molar-refractivity contribution >= 4 is 17.3 Å². The Morgan fingerprint density at radius 2 is 1.63 bits per heavy atom. The average molecular weight is 512 g/mol. The molecule has 1 aliphatic heterocycles. The summed E-state index contributed by atoms with van der Waals surface area (Å²) in [4.78, 5) is 22.5. The fourth-order valence-corrected chi connectivity index (χ4v) is 4.45. The van der Waals surface area contributed by atoms with Crippen molar-refractivity contribution in [2.24, 2.45) is 0 Å². The van der Waals surface area contributed by atoms with Crippen molar-refractivity contribution in [3.8, 4) is 34.3 Å². The van der Waals surface area contributed by atoms with E-state index in [1.54, 1.807) is 4.90 Å². The van der Waals surface area contributed by atoms with Gasteiger partial charge in [0.1, 0.15) is 0 Å². The van der Waals surface area contributed by atoms with Gasteiger partial charge in [0.25, 0.3) is 5.91 Å². The highest BCUT2D eigenvalue weighted by molar-refractivity contribution is 6.08. The zero-order valence-corrected chi connectivity index (χ0v) is 22.7. The number of nitrogens with zero attached hydrogens (tertiary/aromatic N) is 3. The molecule has 0 aliphatic carbocycles. The van der Waals surface area contributed by atoms with Crippen LogP contribution in [0.25, 0.3) is 22.8 Å². The number of carbonyl (C=O) groups is 1. The van der Waals surface area contributed by atoms with Gasteiger partial charge in [0.15, 0.2) is 23.0 Å². The van der Waals surface area contributed by atoms with Gasteiger partial charge in [0.2, 0.25) is 12.7 Å². The first-order chi connectivity index (χ1) is 18.2. The molecule has 0 spiro atoms. The van der Waals surface area contributed by atoms with Crippen LogP contribution in [-0.4, -0.2) is 38.3 Å². The van der Waals surface area contributed by atoms with Crippen molar-refractivity contribution < 1.29 is 18.7 Å². The molecule has 0 fully saturated rings. The van der Waals surface area contributed by atoms with Crippen LogP contribution in [0.2, 0.25) is 0 Å². The smallest absolute Gasteiger partial charge is 0.280 e. The first-order valence-electron chi connectivity index (χ1n) is 12.8. The second-order valence-electron chi connectivity index (χ2n) is 10.6. The zero-order valence-electron chi connectivity index (χ0n) is 22.7. The molecule has 0 saturated carbocycles. The van der Waals surface area contributed by atoms with Gasteiger partial charge in [-0.3, -0.25) is 4.79 Å². The summed E-state index contributed by atoms with van der Waals surface area (Å²) in [5, 5.41) is 0. The molecule has 1 aromatic heterocycles. The Bertz CT molecular complexity index is 1470. The predicted octanol–water partition coefficient (Wildman–Crippen LogP) is 6.77. The first-order valence-corrected chi connectivity index (χ1v) is 12.8. The fourth-order valence-electron chi connectivity index (χ4n) is 4.45. The minimum atomic E-state index is -0.252. The molecule has 2 heterocycles. The van der Waals surface area contributed by atoms with Gasteiger partial charge in [-0.2, -0.15) is 0 Å². The Morgan fingerprint density at radius 1 is 0.895 bits per heavy atom. The summed E-state index contributed by atoms with van der Waals surface area (Å²) in [7, 11) is 3.96. The summed E-state index contributed by atoms with van der Waals surface area (Å²) >= 11 is 0. The summed E-state index contributed by atoms with van der Waals surface area (Å²) in [6.07, 6.45) is 0. The molecule has 5 rings (SSSR count). The molecule has 196 valence electrons. The molecular weight excluding hydrogens is 478 g/mol. The number of aromatic nitrogens is 1. The first kappa shape index (κ1) is 25.4. The molecule has 4 aromatic rings. The third-order valence-corrected chi connectivity index (χ3v) is 6.68. The van der Waals surface area contributed by atoms with Gasteiger partial charge in [-0.25, -0.2) is 4.98 Å². The Kier molecular flexibility index (Phi) is 6.61. The molecule has 7 nitrogen and oxygen atoms in total. The molecule has 3 aromatic carbocycles. The van der Waals surface area contributed by atoms with Crippen LogP contribution >= 0.6 is 0 Å². The van der Waals surface area contributed by atoms with Gasteiger partial charge in [-0.15, -0.1) is 0 Å². The standard InChI is InChI=1S/C31H33N3O4/c1-7-34(24-15-16-25-26(18-24)37-19-36-25)30(35)27-28(21-9-8-10-23(17-21)33(5)6)38-29(32-27)20-11-13-22(14-12-20)31(2,3)4/h8-18H,7,19H2,1-6H3. The number of ether oxygens (including phenoxy) is 2. The second-order valence-corrected chi connectivity index (χ2v) is 10.6. The van der Waals surface area contributed by atoms with Crippen LogP contribution < -0.4 is 19.3 Å². The number of amides is 1. The Hall–Kier alpha value is -4.26. The van der Waals surface area contributed by atoms with E-state index in [0.717, 1.165) is 16.8 Å². The van der Waals surface area contributed by atoms with E-state index in [4.69, 9.17) is 18.9 Å². The number of fused-ring (bicyclic) bond motifs is 1. The van der Waals surface area contributed by atoms with Gasteiger partial charge in [-0.05, 0) is 54.3 Å². The molecule has 0 radical (unpaired) electrons. The second kappa shape index (κ2) is 9.89.